The summed E-state index contributed by atoms with van der Waals surface area (Å²) in [6.45, 7) is -0.341. The fourth-order valence-corrected chi connectivity index (χ4v) is 1.90. The van der Waals surface area contributed by atoms with Crippen LogP contribution in [0.3, 0.4) is 0 Å². The molecule has 1 aromatic rings. The molecule has 0 saturated heterocycles. The highest BCUT2D eigenvalue weighted by Crippen LogP contribution is 2.26. The van der Waals surface area contributed by atoms with E-state index in [1.54, 1.807) is 18.2 Å². The lowest BCUT2D eigenvalue weighted by molar-refractivity contribution is -0.144. The first-order valence-corrected chi connectivity index (χ1v) is 7.88. The molecule has 1 aromatic carbocycles. The van der Waals surface area contributed by atoms with Gasteiger partial charge < -0.3 is 14.2 Å². The lowest BCUT2D eigenvalue weighted by Crippen LogP contribution is -2.19. The number of hydrogen-bond donors (Lipinski definition) is 0. The first-order chi connectivity index (χ1) is 10.2. The molecule has 0 aromatic heterocycles. The summed E-state index contributed by atoms with van der Waals surface area (Å²) < 4.78 is 13.8. The van der Waals surface area contributed by atoms with Crippen molar-refractivity contribution in [2.75, 3.05) is 20.3 Å². The number of alkyl halides is 3. The highest BCUT2D eigenvalue weighted by Gasteiger charge is 2.22. The third kappa shape index (κ3) is 7.05. The molecule has 0 bridgehead atoms. The van der Waals surface area contributed by atoms with Crippen molar-refractivity contribution in [3.05, 3.63) is 28.2 Å². The van der Waals surface area contributed by atoms with Crippen LogP contribution >= 0.6 is 50.7 Å². The standard InChI is InChI=1S/C13H12BrCl3O5/c1-20-12(19)9-6-8(14)2-3-10(9)21-5-4-11(18)22-7-13(15,16)17/h2-3,6H,4-5,7H2,1H3. The van der Waals surface area contributed by atoms with Crippen LogP contribution in [-0.2, 0) is 14.3 Å². The number of benzene rings is 1. The molecular weight excluding hydrogens is 422 g/mol. The maximum atomic E-state index is 11.6. The van der Waals surface area contributed by atoms with E-state index in [0.717, 1.165) is 0 Å². The Balaban J connectivity index is 2.55. The van der Waals surface area contributed by atoms with Crippen LogP contribution in [0.5, 0.6) is 5.75 Å². The predicted octanol–water partition coefficient (Wildman–Crippen LogP) is 3.92. The van der Waals surface area contributed by atoms with Crippen molar-refractivity contribution < 1.29 is 23.8 Å². The van der Waals surface area contributed by atoms with Crippen molar-refractivity contribution in [1.29, 1.82) is 0 Å². The Labute approximate surface area is 150 Å². The van der Waals surface area contributed by atoms with E-state index in [1.165, 1.54) is 7.11 Å². The Kier molecular flexibility index (Phi) is 7.76. The fourth-order valence-electron chi connectivity index (χ4n) is 1.38. The molecule has 0 amide bonds. The Morgan fingerprint density at radius 1 is 1.27 bits per heavy atom. The molecule has 0 heterocycles. The molecule has 0 aliphatic heterocycles. The number of methoxy groups -OCH3 is 1. The quantitative estimate of drug-likeness (QED) is 0.502. The zero-order valence-electron chi connectivity index (χ0n) is 11.4. The summed E-state index contributed by atoms with van der Waals surface area (Å²) in [5.74, 6) is -0.831. The number of carbonyl (C=O) groups is 2. The van der Waals surface area contributed by atoms with Crippen LogP contribution in [0.2, 0.25) is 0 Å². The summed E-state index contributed by atoms with van der Waals surface area (Å²) in [7, 11) is 1.26. The molecular formula is C13H12BrCl3O5. The Morgan fingerprint density at radius 2 is 1.95 bits per heavy atom. The van der Waals surface area contributed by atoms with E-state index in [-0.39, 0.29) is 25.2 Å². The molecule has 0 aliphatic carbocycles. The van der Waals surface area contributed by atoms with Crippen LogP contribution in [-0.4, -0.2) is 36.1 Å². The van der Waals surface area contributed by atoms with Gasteiger partial charge in [-0.3, -0.25) is 4.79 Å². The van der Waals surface area contributed by atoms with Gasteiger partial charge in [-0.25, -0.2) is 4.79 Å². The highest BCUT2D eigenvalue weighted by atomic mass is 79.9. The van der Waals surface area contributed by atoms with E-state index in [4.69, 9.17) is 44.3 Å². The third-order valence-corrected chi connectivity index (χ3v) is 3.13. The van der Waals surface area contributed by atoms with Gasteiger partial charge in [-0.2, -0.15) is 0 Å². The van der Waals surface area contributed by atoms with Crippen LogP contribution in [0.15, 0.2) is 22.7 Å². The third-order valence-electron chi connectivity index (χ3n) is 2.31. The normalized spacial score (nSPS) is 11.0. The summed E-state index contributed by atoms with van der Waals surface area (Å²) in [5.41, 5.74) is 0.242. The van der Waals surface area contributed by atoms with Crippen molar-refractivity contribution in [3.8, 4) is 5.75 Å². The molecule has 0 aliphatic rings. The average Bonchev–Trinajstić information content (AvgIpc) is 2.45. The Morgan fingerprint density at radius 3 is 2.55 bits per heavy atom. The van der Waals surface area contributed by atoms with Crippen LogP contribution in [0.1, 0.15) is 16.8 Å². The molecule has 122 valence electrons. The van der Waals surface area contributed by atoms with Crippen LogP contribution in [0.25, 0.3) is 0 Å². The van der Waals surface area contributed by atoms with Crippen LogP contribution in [0, 0.1) is 0 Å². The second-order valence-corrected chi connectivity index (χ2v) is 7.44. The number of ether oxygens (including phenoxy) is 3. The minimum absolute atomic E-state index is 0.00428. The molecule has 9 heteroatoms. The summed E-state index contributed by atoms with van der Waals surface area (Å²) in [6, 6.07) is 4.84. The second-order valence-electron chi connectivity index (χ2n) is 4.01. The Bertz CT molecular complexity index is 545. The molecule has 0 spiro atoms. The van der Waals surface area contributed by atoms with Gasteiger partial charge in [0.15, 0.2) is 0 Å². The number of rotatable bonds is 6. The smallest absolute Gasteiger partial charge is 0.341 e. The SMILES string of the molecule is COC(=O)c1cc(Br)ccc1OCCC(=O)OCC(Cl)(Cl)Cl. The van der Waals surface area contributed by atoms with Gasteiger partial charge in [0.1, 0.15) is 17.9 Å². The minimum Gasteiger partial charge on any atom is -0.492 e. The van der Waals surface area contributed by atoms with E-state index >= 15 is 0 Å². The van der Waals surface area contributed by atoms with Crippen molar-refractivity contribution >= 4 is 62.7 Å². The average molecular weight is 434 g/mol. The van der Waals surface area contributed by atoms with Crippen molar-refractivity contribution in [2.45, 2.75) is 10.2 Å². The first kappa shape index (κ1) is 19.4. The van der Waals surface area contributed by atoms with Crippen LogP contribution in [0.4, 0.5) is 0 Å². The number of esters is 2. The zero-order chi connectivity index (χ0) is 16.8. The van der Waals surface area contributed by atoms with Gasteiger partial charge in [-0.15, -0.1) is 0 Å². The molecule has 5 nitrogen and oxygen atoms in total. The van der Waals surface area contributed by atoms with E-state index < -0.39 is 15.7 Å². The topological polar surface area (TPSA) is 61.8 Å². The van der Waals surface area contributed by atoms with E-state index in [9.17, 15) is 9.59 Å². The molecule has 0 atom stereocenters. The van der Waals surface area contributed by atoms with Gasteiger partial charge in [0.05, 0.1) is 20.1 Å². The highest BCUT2D eigenvalue weighted by molar-refractivity contribution is 9.10. The summed E-state index contributed by atoms with van der Waals surface area (Å²) >= 11 is 19.6. The predicted molar refractivity (Wildman–Crippen MR) is 86.8 cm³/mol. The first-order valence-electron chi connectivity index (χ1n) is 5.96. The van der Waals surface area contributed by atoms with Gasteiger partial charge in [-0.1, -0.05) is 50.7 Å². The molecule has 1 rings (SSSR count). The molecule has 0 radical (unpaired) electrons. The Hall–Kier alpha value is -0.690. The monoisotopic (exact) mass is 432 g/mol. The van der Waals surface area contributed by atoms with E-state index in [1.807, 2.05) is 0 Å². The lowest BCUT2D eigenvalue weighted by atomic mass is 10.2. The van der Waals surface area contributed by atoms with Gasteiger partial charge in [0.25, 0.3) is 0 Å². The van der Waals surface area contributed by atoms with Gasteiger partial charge >= 0.3 is 11.9 Å². The van der Waals surface area contributed by atoms with E-state index in [0.29, 0.717) is 10.2 Å². The van der Waals surface area contributed by atoms with Gasteiger partial charge in [0, 0.05) is 4.47 Å². The second kappa shape index (κ2) is 8.82. The van der Waals surface area contributed by atoms with Gasteiger partial charge in [0.2, 0.25) is 3.79 Å². The molecule has 0 fully saturated rings. The number of halogens is 4. The summed E-state index contributed by atoms with van der Waals surface area (Å²) in [4.78, 5) is 23.1. The fraction of sp³-hybridized carbons (Fsp3) is 0.385. The zero-order valence-corrected chi connectivity index (χ0v) is 15.3. The number of carbonyl (C=O) groups excluding carboxylic acids is 2. The van der Waals surface area contributed by atoms with Crippen molar-refractivity contribution in [3.63, 3.8) is 0 Å². The van der Waals surface area contributed by atoms with Crippen molar-refractivity contribution in [2.24, 2.45) is 0 Å². The molecule has 0 unspecified atom stereocenters. The van der Waals surface area contributed by atoms with Gasteiger partial charge in [-0.05, 0) is 18.2 Å². The van der Waals surface area contributed by atoms with Crippen molar-refractivity contribution in [1.82, 2.24) is 0 Å². The minimum atomic E-state index is -1.65. The molecule has 0 N–H and O–H groups in total. The maximum Gasteiger partial charge on any atom is 0.341 e. The summed E-state index contributed by atoms with van der Waals surface area (Å²) in [5, 5.41) is 0. The lowest BCUT2D eigenvalue weighted by Gasteiger charge is -2.12. The molecule has 22 heavy (non-hydrogen) atoms. The summed E-state index contributed by atoms with van der Waals surface area (Å²) in [6.07, 6.45) is -0.0581. The number of hydrogen-bond acceptors (Lipinski definition) is 5. The van der Waals surface area contributed by atoms with Crippen LogP contribution < -0.4 is 4.74 Å². The largest absolute Gasteiger partial charge is 0.492 e. The van der Waals surface area contributed by atoms with E-state index in [2.05, 4.69) is 20.7 Å². The molecule has 0 saturated carbocycles. The maximum absolute atomic E-state index is 11.6.